The van der Waals surface area contributed by atoms with Crippen molar-refractivity contribution in [2.75, 3.05) is 25.9 Å². The zero-order valence-corrected chi connectivity index (χ0v) is 16.3. The Morgan fingerprint density at radius 2 is 1.70 bits per heavy atom. The zero-order chi connectivity index (χ0) is 19.9. The third kappa shape index (κ3) is 6.16. The molecule has 1 saturated heterocycles. The second-order valence-corrected chi connectivity index (χ2v) is 8.98. The molecule has 27 heavy (non-hydrogen) atoms. The van der Waals surface area contributed by atoms with Gasteiger partial charge in [-0.3, -0.25) is 14.4 Å². The number of likely N-dealkylation sites (tertiary alicyclic amines) is 1. The van der Waals surface area contributed by atoms with Gasteiger partial charge in [-0.15, -0.1) is 0 Å². The third-order valence-corrected chi connectivity index (χ3v) is 6.96. The van der Waals surface area contributed by atoms with Crippen LogP contribution >= 0.6 is 0 Å². The summed E-state index contributed by atoms with van der Waals surface area (Å²) in [7, 11) is -2.09. The van der Waals surface area contributed by atoms with Crippen molar-refractivity contribution in [1.29, 1.82) is 0 Å². The lowest BCUT2D eigenvalue weighted by Gasteiger charge is -2.31. The molecule has 0 aromatic heterocycles. The Morgan fingerprint density at radius 1 is 1.07 bits per heavy atom. The number of benzene rings is 1. The maximum absolute atomic E-state index is 12.3. The number of hydrogen-bond donors (Lipinski definition) is 1. The Balaban J connectivity index is 1.75. The number of hydrogen-bond acceptors (Lipinski definition) is 5. The van der Waals surface area contributed by atoms with E-state index in [-0.39, 0.29) is 18.1 Å². The molecular weight excluding hydrogens is 368 g/mol. The highest BCUT2D eigenvalue weighted by Gasteiger charge is 2.32. The number of sulfone groups is 1. The fourth-order valence-corrected chi connectivity index (χ4v) is 4.84. The topological polar surface area (TPSA) is 101 Å². The predicted octanol–water partition coefficient (Wildman–Crippen LogP) is 1.19. The molecule has 0 atom stereocenters. The number of amides is 2. The lowest BCUT2D eigenvalue weighted by Crippen LogP contribution is -2.44. The van der Waals surface area contributed by atoms with Gasteiger partial charge in [0.2, 0.25) is 11.8 Å². The van der Waals surface area contributed by atoms with Gasteiger partial charge >= 0.3 is 0 Å². The molecule has 1 aromatic carbocycles. The van der Waals surface area contributed by atoms with Crippen molar-refractivity contribution in [3.05, 3.63) is 35.9 Å². The summed E-state index contributed by atoms with van der Waals surface area (Å²) in [5.74, 6) is -1.07. The molecule has 2 rings (SSSR count). The lowest BCUT2D eigenvalue weighted by atomic mass is 10.0. The molecule has 1 heterocycles. The van der Waals surface area contributed by atoms with E-state index < -0.39 is 26.7 Å². The average molecular weight is 394 g/mol. The van der Waals surface area contributed by atoms with Crippen LogP contribution in [0, 0.1) is 0 Å². The van der Waals surface area contributed by atoms with Crippen LogP contribution in [0.3, 0.4) is 0 Å². The minimum Gasteiger partial charge on any atom is -0.358 e. The summed E-state index contributed by atoms with van der Waals surface area (Å²) < 4.78 is 24.4. The zero-order valence-electron chi connectivity index (χ0n) is 15.5. The van der Waals surface area contributed by atoms with Crippen LogP contribution in [0.1, 0.15) is 42.5 Å². The minimum atomic E-state index is -3.50. The second kappa shape index (κ2) is 9.64. The summed E-state index contributed by atoms with van der Waals surface area (Å²) >= 11 is 0. The van der Waals surface area contributed by atoms with Gasteiger partial charge in [-0.2, -0.15) is 0 Å². The number of piperidine rings is 1. The molecule has 2 amide bonds. The SMILES string of the molecule is CNC(=O)CS(=O)(=O)C1CCN(C(=O)CCCC(=O)c2ccccc2)CC1. The molecule has 0 aliphatic carbocycles. The highest BCUT2D eigenvalue weighted by molar-refractivity contribution is 7.92. The molecule has 7 nitrogen and oxygen atoms in total. The number of carbonyl (C=O) groups is 3. The molecule has 0 spiro atoms. The number of nitrogens with one attached hydrogen (secondary N) is 1. The van der Waals surface area contributed by atoms with Crippen molar-refractivity contribution in [3.8, 4) is 0 Å². The molecule has 0 bridgehead atoms. The summed E-state index contributed by atoms with van der Waals surface area (Å²) in [4.78, 5) is 37.3. The number of ketones is 1. The highest BCUT2D eigenvalue weighted by atomic mass is 32.2. The number of rotatable bonds is 8. The molecule has 148 valence electrons. The molecular formula is C19H26N2O5S. The summed E-state index contributed by atoms with van der Waals surface area (Å²) in [6.45, 7) is 0.728. The molecule has 1 aliphatic heterocycles. The Bertz CT molecular complexity index is 769. The van der Waals surface area contributed by atoms with Gasteiger partial charge < -0.3 is 10.2 Å². The van der Waals surface area contributed by atoms with Gasteiger partial charge in [-0.1, -0.05) is 30.3 Å². The van der Waals surface area contributed by atoms with Crippen LogP contribution < -0.4 is 5.32 Å². The van der Waals surface area contributed by atoms with E-state index in [0.717, 1.165) is 0 Å². The van der Waals surface area contributed by atoms with E-state index in [4.69, 9.17) is 0 Å². The Morgan fingerprint density at radius 3 is 2.30 bits per heavy atom. The van der Waals surface area contributed by atoms with Crippen LogP contribution in [0.25, 0.3) is 0 Å². The van der Waals surface area contributed by atoms with E-state index in [1.54, 1.807) is 29.2 Å². The first-order valence-electron chi connectivity index (χ1n) is 9.11. The van der Waals surface area contributed by atoms with E-state index in [2.05, 4.69) is 5.32 Å². The number of Topliss-reactive ketones (excluding diaryl/α,β-unsaturated/α-hetero) is 1. The van der Waals surface area contributed by atoms with Crippen molar-refractivity contribution < 1.29 is 22.8 Å². The van der Waals surface area contributed by atoms with Crippen molar-refractivity contribution in [1.82, 2.24) is 10.2 Å². The lowest BCUT2D eigenvalue weighted by molar-refractivity contribution is -0.132. The molecule has 1 N–H and O–H groups in total. The molecule has 0 saturated carbocycles. The van der Waals surface area contributed by atoms with Crippen LogP contribution in [0.2, 0.25) is 0 Å². The molecule has 1 fully saturated rings. The second-order valence-electron chi connectivity index (χ2n) is 6.70. The fraction of sp³-hybridized carbons (Fsp3) is 0.526. The first kappa shape index (κ1) is 21.1. The smallest absolute Gasteiger partial charge is 0.234 e. The minimum absolute atomic E-state index is 0.0161. The van der Waals surface area contributed by atoms with E-state index >= 15 is 0 Å². The molecule has 0 radical (unpaired) electrons. The van der Waals surface area contributed by atoms with Gasteiger partial charge in [0.25, 0.3) is 0 Å². The molecule has 0 unspecified atom stereocenters. The van der Waals surface area contributed by atoms with Crippen LogP contribution in [0.4, 0.5) is 0 Å². The Labute approximate surface area is 160 Å². The summed E-state index contributed by atoms with van der Waals surface area (Å²) in [5, 5.41) is 1.74. The quantitative estimate of drug-likeness (QED) is 0.668. The summed E-state index contributed by atoms with van der Waals surface area (Å²) in [5.41, 5.74) is 0.645. The van der Waals surface area contributed by atoms with Crippen molar-refractivity contribution in [2.45, 2.75) is 37.4 Å². The van der Waals surface area contributed by atoms with Gasteiger partial charge in [0.05, 0.1) is 5.25 Å². The van der Waals surface area contributed by atoms with Crippen LogP contribution in [-0.4, -0.2) is 62.1 Å². The molecule has 8 heteroatoms. The van der Waals surface area contributed by atoms with Crippen molar-refractivity contribution in [2.24, 2.45) is 0 Å². The van der Waals surface area contributed by atoms with Crippen molar-refractivity contribution in [3.63, 3.8) is 0 Å². The Hall–Kier alpha value is -2.22. The monoisotopic (exact) mass is 394 g/mol. The maximum atomic E-state index is 12.3. The van der Waals surface area contributed by atoms with E-state index in [1.165, 1.54) is 7.05 Å². The molecule has 1 aromatic rings. The summed E-state index contributed by atoms with van der Waals surface area (Å²) in [6.07, 6.45) is 1.74. The maximum Gasteiger partial charge on any atom is 0.234 e. The van der Waals surface area contributed by atoms with Crippen LogP contribution in [0.5, 0.6) is 0 Å². The predicted molar refractivity (Wildman–Crippen MR) is 102 cm³/mol. The number of carbonyl (C=O) groups excluding carboxylic acids is 3. The van der Waals surface area contributed by atoms with Crippen molar-refractivity contribution >= 4 is 27.4 Å². The van der Waals surface area contributed by atoms with E-state index in [1.807, 2.05) is 6.07 Å². The van der Waals surface area contributed by atoms with Crippen LogP contribution in [-0.2, 0) is 19.4 Å². The highest BCUT2D eigenvalue weighted by Crippen LogP contribution is 2.20. The van der Waals surface area contributed by atoms with Gasteiger partial charge in [-0.05, 0) is 19.3 Å². The fourth-order valence-electron chi connectivity index (χ4n) is 3.16. The Kier molecular flexibility index (Phi) is 7.53. The van der Waals surface area contributed by atoms with Gasteiger partial charge in [0, 0.05) is 38.5 Å². The van der Waals surface area contributed by atoms with Gasteiger partial charge in [0.15, 0.2) is 15.6 Å². The van der Waals surface area contributed by atoms with Crippen LogP contribution in [0.15, 0.2) is 30.3 Å². The largest absolute Gasteiger partial charge is 0.358 e. The first-order chi connectivity index (χ1) is 12.8. The standard InChI is InChI=1S/C19H26N2O5S/c1-20-18(23)14-27(25,26)16-10-12-21(13-11-16)19(24)9-5-8-17(22)15-6-3-2-4-7-15/h2-4,6-7,16H,5,8-14H2,1H3,(H,20,23). The van der Waals surface area contributed by atoms with E-state index in [0.29, 0.717) is 44.3 Å². The third-order valence-electron chi connectivity index (χ3n) is 4.80. The summed E-state index contributed by atoms with van der Waals surface area (Å²) in [6, 6.07) is 8.97. The average Bonchev–Trinajstić information content (AvgIpc) is 2.68. The van der Waals surface area contributed by atoms with Gasteiger partial charge in [-0.25, -0.2) is 8.42 Å². The normalized spacial score (nSPS) is 15.4. The molecule has 1 aliphatic rings. The first-order valence-corrected chi connectivity index (χ1v) is 10.8. The number of nitrogens with zero attached hydrogens (tertiary/aromatic N) is 1. The van der Waals surface area contributed by atoms with Gasteiger partial charge in [0.1, 0.15) is 5.75 Å². The van der Waals surface area contributed by atoms with E-state index in [9.17, 15) is 22.8 Å².